The molecular formula is C11H15FN2S. The third kappa shape index (κ3) is 3.25. The summed E-state index contributed by atoms with van der Waals surface area (Å²) in [6.45, 7) is 3.46. The minimum Gasteiger partial charge on any atom is -0.389 e. The van der Waals surface area contributed by atoms with Crippen LogP contribution in [0.4, 0.5) is 4.39 Å². The van der Waals surface area contributed by atoms with Crippen molar-refractivity contribution in [1.29, 1.82) is 0 Å². The van der Waals surface area contributed by atoms with Crippen molar-refractivity contribution in [3.63, 3.8) is 0 Å². The van der Waals surface area contributed by atoms with Gasteiger partial charge in [-0.1, -0.05) is 19.1 Å². The number of benzene rings is 1. The van der Waals surface area contributed by atoms with E-state index in [1.807, 2.05) is 18.9 Å². The number of nitrogens with zero attached hydrogens (tertiary/aromatic N) is 1. The SMILES string of the molecule is CCN(C)Cc1cc(C(N)=S)ccc1F. The molecule has 1 aromatic rings. The van der Waals surface area contributed by atoms with Gasteiger partial charge in [0.15, 0.2) is 0 Å². The van der Waals surface area contributed by atoms with Crippen molar-refractivity contribution in [2.75, 3.05) is 13.6 Å². The van der Waals surface area contributed by atoms with Crippen molar-refractivity contribution >= 4 is 17.2 Å². The second-order valence-electron chi connectivity index (χ2n) is 3.50. The largest absolute Gasteiger partial charge is 0.389 e. The maximum absolute atomic E-state index is 13.4. The minimum atomic E-state index is -0.213. The van der Waals surface area contributed by atoms with Gasteiger partial charge in [-0.2, -0.15) is 0 Å². The second kappa shape index (κ2) is 5.19. The summed E-state index contributed by atoms with van der Waals surface area (Å²) >= 11 is 4.85. The van der Waals surface area contributed by atoms with Gasteiger partial charge < -0.3 is 10.6 Å². The van der Waals surface area contributed by atoms with Gasteiger partial charge in [-0.05, 0) is 31.8 Å². The molecule has 15 heavy (non-hydrogen) atoms. The molecular weight excluding hydrogens is 211 g/mol. The summed E-state index contributed by atoms with van der Waals surface area (Å²) < 4.78 is 13.4. The number of rotatable bonds is 4. The number of hydrogen-bond donors (Lipinski definition) is 1. The van der Waals surface area contributed by atoms with Crippen molar-refractivity contribution in [2.24, 2.45) is 5.73 Å². The highest BCUT2D eigenvalue weighted by Crippen LogP contribution is 2.12. The Morgan fingerprint density at radius 2 is 2.20 bits per heavy atom. The van der Waals surface area contributed by atoms with Gasteiger partial charge in [-0.25, -0.2) is 4.39 Å². The van der Waals surface area contributed by atoms with Crippen molar-refractivity contribution in [1.82, 2.24) is 4.90 Å². The van der Waals surface area contributed by atoms with Gasteiger partial charge in [-0.3, -0.25) is 0 Å². The normalized spacial score (nSPS) is 10.7. The van der Waals surface area contributed by atoms with E-state index >= 15 is 0 Å². The first-order valence-electron chi connectivity index (χ1n) is 4.81. The lowest BCUT2D eigenvalue weighted by molar-refractivity contribution is 0.339. The first-order chi connectivity index (χ1) is 7.04. The molecule has 0 spiro atoms. The predicted molar refractivity (Wildman–Crippen MR) is 64.3 cm³/mol. The first-order valence-corrected chi connectivity index (χ1v) is 5.22. The Balaban J connectivity index is 2.95. The van der Waals surface area contributed by atoms with Crippen LogP contribution >= 0.6 is 12.2 Å². The molecule has 0 fully saturated rings. The molecule has 0 aromatic heterocycles. The Morgan fingerprint density at radius 1 is 1.53 bits per heavy atom. The third-order valence-electron chi connectivity index (χ3n) is 2.31. The number of thiocarbonyl (C=S) groups is 1. The van der Waals surface area contributed by atoms with Crippen molar-refractivity contribution in [2.45, 2.75) is 13.5 Å². The average molecular weight is 226 g/mol. The molecule has 0 aliphatic rings. The van der Waals surface area contributed by atoms with Gasteiger partial charge in [0.25, 0.3) is 0 Å². The standard InChI is InChI=1S/C11H15FN2S/c1-3-14(2)7-9-6-8(11(13)15)4-5-10(9)12/h4-6H,3,7H2,1-2H3,(H2,13,15). The molecule has 1 rings (SSSR count). The maximum Gasteiger partial charge on any atom is 0.127 e. The zero-order valence-electron chi connectivity index (χ0n) is 8.96. The van der Waals surface area contributed by atoms with E-state index in [9.17, 15) is 4.39 Å². The lowest BCUT2D eigenvalue weighted by Gasteiger charge is -2.14. The summed E-state index contributed by atoms with van der Waals surface area (Å²) in [5, 5.41) is 0. The van der Waals surface area contributed by atoms with Gasteiger partial charge in [0.1, 0.15) is 10.8 Å². The summed E-state index contributed by atoms with van der Waals surface area (Å²) in [5.74, 6) is -0.213. The third-order valence-corrected chi connectivity index (χ3v) is 2.55. The highest BCUT2D eigenvalue weighted by molar-refractivity contribution is 7.80. The first kappa shape index (κ1) is 12.1. The van der Waals surface area contributed by atoms with Crippen LogP contribution in [0.1, 0.15) is 18.1 Å². The molecule has 0 unspecified atom stereocenters. The van der Waals surface area contributed by atoms with Crippen LogP contribution in [0, 0.1) is 5.82 Å². The Bertz CT molecular complexity index is 366. The van der Waals surface area contributed by atoms with Gasteiger partial charge in [0.05, 0.1) is 0 Å². The average Bonchev–Trinajstić information content (AvgIpc) is 2.20. The van der Waals surface area contributed by atoms with Gasteiger partial charge in [-0.15, -0.1) is 0 Å². The van der Waals surface area contributed by atoms with E-state index in [4.69, 9.17) is 18.0 Å². The van der Waals surface area contributed by atoms with E-state index in [2.05, 4.69) is 0 Å². The summed E-state index contributed by atoms with van der Waals surface area (Å²) in [7, 11) is 1.94. The highest BCUT2D eigenvalue weighted by Gasteiger charge is 2.06. The molecule has 0 saturated heterocycles. The molecule has 1 aromatic carbocycles. The van der Waals surface area contributed by atoms with Crippen LogP contribution in [0.5, 0.6) is 0 Å². The molecule has 0 saturated carbocycles. The molecule has 0 bridgehead atoms. The van der Waals surface area contributed by atoms with E-state index in [-0.39, 0.29) is 5.82 Å². The Morgan fingerprint density at radius 3 is 2.73 bits per heavy atom. The lowest BCUT2D eigenvalue weighted by atomic mass is 10.1. The smallest absolute Gasteiger partial charge is 0.127 e. The van der Waals surface area contributed by atoms with Crippen LogP contribution in [0.15, 0.2) is 18.2 Å². The highest BCUT2D eigenvalue weighted by atomic mass is 32.1. The summed E-state index contributed by atoms with van der Waals surface area (Å²) in [4.78, 5) is 2.32. The number of halogens is 1. The van der Waals surface area contributed by atoms with Gasteiger partial charge >= 0.3 is 0 Å². The summed E-state index contributed by atoms with van der Waals surface area (Å²) in [5.41, 5.74) is 6.83. The van der Waals surface area contributed by atoms with Crippen LogP contribution in [0.25, 0.3) is 0 Å². The Labute approximate surface area is 94.9 Å². The minimum absolute atomic E-state index is 0.213. The molecule has 2 N–H and O–H groups in total. The molecule has 0 atom stereocenters. The van der Waals surface area contributed by atoms with Gasteiger partial charge in [0.2, 0.25) is 0 Å². The van der Waals surface area contributed by atoms with Gasteiger partial charge in [0, 0.05) is 17.7 Å². The zero-order chi connectivity index (χ0) is 11.4. The van der Waals surface area contributed by atoms with E-state index in [0.717, 1.165) is 6.54 Å². The van der Waals surface area contributed by atoms with Crippen LogP contribution in [-0.2, 0) is 6.54 Å². The fourth-order valence-electron chi connectivity index (χ4n) is 1.25. The van der Waals surface area contributed by atoms with Crippen LogP contribution in [-0.4, -0.2) is 23.5 Å². The molecule has 0 heterocycles. The van der Waals surface area contributed by atoms with Crippen LogP contribution < -0.4 is 5.73 Å². The van der Waals surface area contributed by atoms with Crippen LogP contribution in [0.2, 0.25) is 0 Å². The monoisotopic (exact) mass is 226 g/mol. The zero-order valence-corrected chi connectivity index (χ0v) is 9.77. The fraction of sp³-hybridized carbons (Fsp3) is 0.364. The molecule has 82 valence electrons. The molecule has 0 radical (unpaired) electrons. The molecule has 0 aliphatic carbocycles. The Hall–Kier alpha value is -1.00. The molecule has 0 aliphatic heterocycles. The van der Waals surface area contributed by atoms with E-state index < -0.39 is 0 Å². The van der Waals surface area contributed by atoms with E-state index in [1.54, 1.807) is 12.1 Å². The number of nitrogens with two attached hydrogens (primary N) is 1. The van der Waals surface area contributed by atoms with Crippen molar-refractivity contribution in [3.8, 4) is 0 Å². The Kier molecular flexibility index (Phi) is 4.17. The molecule has 4 heteroatoms. The second-order valence-corrected chi connectivity index (χ2v) is 3.94. The quantitative estimate of drug-likeness (QED) is 0.795. The molecule has 0 amide bonds. The number of hydrogen-bond acceptors (Lipinski definition) is 2. The van der Waals surface area contributed by atoms with Crippen LogP contribution in [0.3, 0.4) is 0 Å². The fourth-order valence-corrected chi connectivity index (χ4v) is 1.38. The predicted octanol–water partition coefficient (Wildman–Crippen LogP) is 1.91. The van der Waals surface area contributed by atoms with Crippen molar-refractivity contribution in [3.05, 3.63) is 35.1 Å². The van der Waals surface area contributed by atoms with E-state index in [1.165, 1.54) is 6.07 Å². The topological polar surface area (TPSA) is 29.3 Å². The maximum atomic E-state index is 13.4. The lowest BCUT2D eigenvalue weighted by Crippen LogP contribution is -2.18. The molecule has 2 nitrogen and oxygen atoms in total. The van der Waals surface area contributed by atoms with E-state index in [0.29, 0.717) is 22.7 Å². The van der Waals surface area contributed by atoms with Crippen molar-refractivity contribution < 1.29 is 4.39 Å². The summed E-state index contributed by atoms with van der Waals surface area (Å²) in [6, 6.07) is 4.73. The summed E-state index contributed by atoms with van der Waals surface area (Å²) in [6.07, 6.45) is 0.